The molecule has 3 aromatic carbocycles. The Hall–Kier alpha value is -3.67. The smallest absolute Gasteiger partial charge is 0.311 e. The number of hydrogen-bond acceptors (Lipinski definition) is 4. The van der Waals surface area contributed by atoms with E-state index in [0.717, 1.165) is 11.1 Å². The van der Waals surface area contributed by atoms with E-state index < -0.39 is 5.92 Å². The van der Waals surface area contributed by atoms with Gasteiger partial charge in [-0.05, 0) is 47.5 Å². The molecule has 0 unspecified atom stereocenters. The van der Waals surface area contributed by atoms with Gasteiger partial charge in [0.15, 0.2) is 0 Å². The molecule has 4 rings (SSSR count). The maximum atomic E-state index is 13.3. The second-order valence-electron chi connectivity index (χ2n) is 7.72. The summed E-state index contributed by atoms with van der Waals surface area (Å²) in [4.78, 5) is 26.5. The van der Waals surface area contributed by atoms with Crippen LogP contribution in [0.3, 0.4) is 0 Å². The average molecular weight is 433 g/mol. The standard InChI is InChI=1S/C26H24FNO4/c27-22-8-4-7-20(15-22)18-32-24-11-9-23(10-12-24)28-17-21(16-25(28)29)26(30)31-14-13-19-5-2-1-3-6-19/h1-12,15,21H,13-14,16-18H2/t21-/m0/s1. The normalized spacial score (nSPS) is 15.6. The number of nitrogens with zero attached hydrogens (tertiary/aromatic N) is 1. The van der Waals surface area contributed by atoms with Crippen molar-refractivity contribution < 1.29 is 23.5 Å². The van der Waals surface area contributed by atoms with Gasteiger partial charge in [-0.2, -0.15) is 0 Å². The second kappa shape index (κ2) is 10.1. The van der Waals surface area contributed by atoms with Crippen LogP contribution in [0.2, 0.25) is 0 Å². The van der Waals surface area contributed by atoms with Crippen molar-refractivity contribution >= 4 is 17.6 Å². The van der Waals surface area contributed by atoms with Crippen molar-refractivity contribution in [1.82, 2.24) is 0 Å². The molecule has 0 radical (unpaired) electrons. The number of carbonyl (C=O) groups excluding carboxylic acids is 2. The molecule has 0 spiro atoms. The maximum absolute atomic E-state index is 13.3. The van der Waals surface area contributed by atoms with Gasteiger partial charge in [0, 0.05) is 25.1 Å². The molecule has 0 N–H and O–H groups in total. The molecule has 164 valence electrons. The lowest BCUT2D eigenvalue weighted by Crippen LogP contribution is -2.26. The molecule has 5 nitrogen and oxygen atoms in total. The number of hydrogen-bond donors (Lipinski definition) is 0. The average Bonchev–Trinajstić information content (AvgIpc) is 3.20. The van der Waals surface area contributed by atoms with Gasteiger partial charge in [0.1, 0.15) is 18.2 Å². The van der Waals surface area contributed by atoms with Crippen LogP contribution in [0, 0.1) is 11.7 Å². The summed E-state index contributed by atoms with van der Waals surface area (Å²) in [5.41, 5.74) is 2.54. The molecule has 0 aliphatic carbocycles. The molecule has 0 aromatic heterocycles. The number of rotatable bonds is 8. The van der Waals surface area contributed by atoms with Crippen molar-refractivity contribution in [3.05, 3.63) is 95.8 Å². The molecule has 1 aliphatic heterocycles. The summed E-state index contributed by atoms with van der Waals surface area (Å²) in [5, 5.41) is 0. The van der Waals surface area contributed by atoms with E-state index in [9.17, 15) is 14.0 Å². The number of benzene rings is 3. The maximum Gasteiger partial charge on any atom is 0.311 e. The first kappa shape index (κ1) is 21.6. The molecule has 1 atom stereocenters. The van der Waals surface area contributed by atoms with Crippen molar-refractivity contribution in [3.8, 4) is 5.75 Å². The summed E-state index contributed by atoms with van der Waals surface area (Å²) in [5.74, 6) is -0.610. The summed E-state index contributed by atoms with van der Waals surface area (Å²) in [6.07, 6.45) is 0.788. The number of carbonyl (C=O) groups is 2. The van der Waals surface area contributed by atoms with E-state index in [1.165, 1.54) is 12.1 Å². The molecule has 1 saturated heterocycles. The van der Waals surface area contributed by atoms with Crippen LogP contribution < -0.4 is 9.64 Å². The van der Waals surface area contributed by atoms with Gasteiger partial charge in [0.2, 0.25) is 5.91 Å². The Bertz CT molecular complexity index is 1070. The quantitative estimate of drug-likeness (QED) is 0.490. The van der Waals surface area contributed by atoms with Gasteiger partial charge in [-0.3, -0.25) is 9.59 Å². The first-order valence-corrected chi connectivity index (χ1v) is 10.6. The summed E-state index contributed by atoms with van der Waals surface area (Å²) in [6, 6.07) is 23.1. The molecule has 1 amide bonds. The van der Waals surface area contributed by atoms with Crippen LogP contribution in [0.25, 0.3) is 0 Å². The highest BCUT2D eigenvalue weighted by atomic mass is 19.1. The van der Waals surface area contributed by atoms with Crippen molar-refractivity contribution in [1.29, 1.82) is 0 Å². The molecule has 0 saturated carbocycles. The Morgan fingerprint density at radius 2 is 1.72 bits per heavy atom. The Morgan fingerprint density at radius 1 is 0.969 bits per heavy atom. The van der Waals surface area contributed by atoms with E-state index in [1.54, 1.807) is 41.3 Å². The zero-order valence-corrected chi connectivity index (χ0v) is 17.6. The third-order valence-corrected chi connectivity index (χ3v) is 5.38. The highest BCUT2D eigenvalue weighted by Gasteiger charge is 2.36. The molecule has 3 aromatic rings. The van der Waals surface area contributed by atoms with E-state index in [4.69, 9.17) is 9.47 Å². The van der Waals surface area contributed by atoms with Crippen LogP contribution in [0.5, 0.6) is 5.75 Å². The van der Waals surface area contributed by atoms with Crippen LogP contribution >= 0.6 is 0 Å². The minimum Gasteiger partial charge on any atom is -0.489 e. The van der Waals surface area contributed by atoms with Gasteiger partial charge in [0.05, 0.1) is 12.5 Å². The van der Waals surface area contributed by atoms with Crippen molar-refractivity contribution in [3.63, 3.8) is 0 Å². The van der Waals surface area contributed by atoms with Crippen LogP contribution in [0.1, 0.15) is 17.5 Å². The largest absolute Gasteiger partial charge is 0.489 e. The number of amides is 1. The number of esters is 1. The topological polar surface area (TPSA) is 55.8 Å². The zero-order valence-electron chi connectivity index (χ0n) is 17.6. The summed E-state index contributed by atoms with van der Waals surface area (Å²) in [6.45, 7) is 0.841. The van der Waals surface area contributed by atoms with Crippen LogP contribution in [-0.2, 0) is 27.4 Å². The highest BCUT2D eigenvalue weighted by Crippen LogP contribution is 2.28. The van der Waals surface area contributed by atoms with E-state index in [-0.39, 0.29) is 30.7 Å². The molecular weight excluding hydrogens is 409 g/mol. The lowest BCUT2D eigenvalue weighted by molar-refractivity contribution is -0.148. The minimum absolute atomic E-state index is 0.108. The Kier molecular flexibility index (Phi) is 6.80. The van der Waals surface area contributed by atoms with Gasteiger partial charge in [-0.25, -0.2) is 4.39 Å². The van der Waals surface area contributed by atoms with Gasteiger partial charge in [-0.15, -0.1) is 0 Å². The first-order chi connectivity index (χ1) is 15.6. The zero-order chi connectivity index (χ0) is 22.3. The van der Waals surface area contributed by atoms with Gasteiger partial charge < -0.3 is 14.4 Å². The Morgan fingerprint density at radius 3 is 2.47 bits per heavy atom. The summed E-state index contributed by atoms with van der Waals surface area (Å²) < 4.78 is 24.4. The molecule has 0 bridgehead atoms. The molecule has 1 heterocycles. The molecule has 1 fully saturated rings. The van der Waals surface area contributed by atoms with E-state index in [0.29, 0.717) is 31.0 Å². The summed E-state index contributed by atoms with van der Waals surface area (Å²) >= 11 is 0. The Balaban J connectivity index is 1.28. The predicted octanol–water partition coefficient (Wildman–Crippen LogP) is 4.54. The minimum atomic E-state index is -0.470. The fraction of sp³-hybridized carbons (Fsp3) is 0.231. The van der Waals surface area contributed by atoms with E-state index in [2.05, 4.69) is 0 Å². The fourth-order valence-corrected chi connectivity index (χ4v) is 3.66. The molecular formula is C26H24FNO4. The van der Waals surface area contributed by atoms with Crippen LogP contribution in [0.15, 0.2) is 78.9 Å². The van der Waals surface area contributed by atoms with Crippen LogP contribution in [-0.4, -0.2) is 25.0 Å². The number of anilines is 1. The van der Waals surface area contributed by atoms with Crippen LogP contribution in [0.4, 0.5) is 10.1 Å². The Labute approximate surface area is 186 Å². The van der Waals surface area contributed by atoms with Crippen molar-refractivity contribution in [2.75, 3.05) is 18.1 Å². The number of halogens is 1. The lowest BCUT2D eigenvalue weighted by atomic mass is 10.1. The van der Waals surface area contributed by atoms with E-state index >= 15 is 0 Å². The third-order valence-electron chi connectivity index (χ3n) is 5.38. The lowest BCUT2D eigenvalue weighted by Gasteiger charge is -2.17. The monoisotopic (exact) mass is 433 g/mol. The third kappa shape index (κ3) is 5.52. The van der Waals surface area contributed by atoms with E-state index in [1.807, 2.05) is 30.3 Å². The second-order valence-corrected chi connectivity index (χ2v) is 7.72. The molecule has 1 aliphatic rings. The first-order valence-electron chi connectivity index (χ1n) is 10.6. The molecule has 6 heteroatoms. The molecule has 32 heavy (non-hydrogen) atoms. The predicted molar refractivity (Wildman–Crippen MR) is 119 cm³/mol. The number of ether oxygens (including phenoxy) is 2. The van der Waals surface area contributed by atoms with Gasteiger partial charge in [-0.1, -0.05) is 42.5 Å². The SMILES string of the molecule is O=C(OCCc1ccccc1)[C@H]1CC(=O)N(c2ccc(OCc3cccc(F)c3)cc2)C1. The fourth-order valence-electron chi connectivity index (χ4n) is 3.66. The van der Waals surface area contributed by atoms with Crippen molar-refractivity contribution in [2.45, 2.75) is 19.4 Å². The van der Waals surface area contributed by atoms with Gasteiger partial charge >= 0.3 is 5.97 Å². The highest BCUT2D eigenvalue weighted by molar-refractivity contribution is 5.99. The van der Waals surface area contributed by atoms with Gasteiger partial charge in [0.25, 0.3) is 0 Å². The summed E-state index contributed by atoms with van der Waals surface area (Å²) in [7, 11) is 0. The van der Waals surface area contributed by atoms with Crippen molar-refractivity contribution in [2.24, 2.45) is 5.92 Å².